The van der Waals surface area contributed by atoms with E-state index in [2.05, 4.69) is 0 Å². The Kier molecular flexibility index (Phi) is 9.64. The van der Waals surface area contributed by atoms with Gasteiger partial charge in [0.2, 0.25) is 0 Å². The molecule has 6 nitrogen and oxygen atoms in total. The quantitative estimate of drug-likeness (QED) is 0.204. The average molecular weight is 540 g/mol. The Morgan fingerprint density at radius 3 is 2.59 bits per heavy atom. The number of nitrogens with zero attached hydrogens (tertiary/aromatic N) is 1. The van der Waals surface area contributed by atoms with Crippen LogP contribution in [0.3, 0.4) is 0 Å². The topological polar surface area (TPSA) is 65.1 Å². The Hall–Kier alpha value is -2.26. The van der Waals surface area contributed by atoms with Crippen LogP contribution in [0.25, 0.3) is 6.08 Å². The van der Waals surface area contributed by atoms with Gasteiger partial charge in [-0.3, -0.25) is 14.5 Å². The second-order valence-electron chi connectivity index (χ2n) is 7.05. The second-order valence-corrected chi connectivity index (χ2v) is 9.57. The Morgan fingerprint density at radius 1 is 1.09 bits per heavy atom. The average Bonchev–Trinajstić information content (AvgIpc) is 3.05. The maximum absolute atomic E-state index is 12.8. The summed E-state index contributed by atoms with van der Waals surface area (Å²) in [4.78, 5) is 26.3. The first-order valence-corrected chi connectivity index (χ1v) is 12.5. The first-order valence-electron chi connectivity index (χ1n) is 10.6. The van der Waals surface area contributed by atoms with Crippen molar-refractivity contribution in [3.05, 3.63) is 62.5 Å². The fourth-order valence-corrected chi connectivity index (χ4v) is 4.85. The molecule has 180 valence electrons. The lowest BCUT2D eigenvalue weighted by atomic mass is 10.1. The molecule has 1 aliphatic heterocycles. The van der Waals surface area contributed by atoms with Crippen molar-refractivity contribution in [2.45, 2.75) is 26.9 Å². The van der Waals surface area contributed by atoms with E-state index in [0.29, 0.717) is 44.0 Å². The Morgan fingerprint density at radius 2 is 1.88 bits per heavy atom. The maximum Gasteiger partial charge on any atom is 0.307 e. The lowest BCUT2D eigenvalue weighted by Gasteiger charge is -2.14. The number of amides is 1. The number of benzene rings is 2. The molecule has 1 saturated heterocycles. The minimum atomic E-state index is -0.364. The van der Waals surface area contributed by atoms with Gasteiger partial charge in [-0.2, -0.15) is 0 Å². The van der Waals surface area contributed by atoms with Crippen LogP contribution in [0, 0.1) is 0 Å². The first-order chi connectivity index (χ1) is 16.3. The van der Waals surface area contributed by atoms with E-state index >= 15 is 0 Å². The van der Waals surface area contributed by atoms with Crippen molar-refractivity contribution in [3.8, 4) is 11.5 Å². The molecule has 0 bridgehead atoms. The zero-order valence-electron chi connectivity index (χ0n) is 18.6. The molecule has 0 radical (unpaired) electrons. The summed E-state index contributed by atoms with van der Waals surface area (Å²) in [6, 6.07) is 10.6. The number of carbonyl (C=O) groups excluding carboxylic acids is 2. The fraction of sp³-hybridized carbons (Fsp3) is 0.292. The molecule has 0 aliphatic carbocycles. The molecular weight excluding hydrogens is 517 g/mol. The van der Waals surface area contributed by atoms with E-state index < -0.39 is 0 Å². The van der Waals surface area contributed by atoms with Gasteiger partial charge in [0, 0.05) is 22.2 Å². The predicted molar refractivity (Wildman–Crippen MR) is 140 cm³/mol. The van der Waals surface area contributed by atoms with Crippen LogP contribution in [0.15, 0.2) is 41.3 Å². The number of rotatable bonds is 10. The van der Waals surface area contributed by atoms with E-state index in [1.165, 1.54) is 16.7 Å². The largest absolute Gasteiger partial charge is 0.490 e. The summed E-state index contributed by atoms with van der Waals surface area (Å²) in [6.07, 6.45) is 1.83. The van der Waals surface area contributed by atoms with Crippen LogP contribution in [0.2, 0.25) is 10.0 Å². The summed E-state index contributed by atoms with van der Waals surface area (Å²) in [5, 5.41) is 1.08. The van der Waals surface area contributed by atoms with Gasteiger partial charge in [-0.1, -0.05) is 59.3 Å². The van der Waals surface area contributed by atoms with Crippen LogP contribution >= 0.6 is 47.2 Å². The number of thioether (sulfide) groups is 1. The third kappa shape index (κ3) is 6.88. The normalized spacial score (nSPS) is 14.6. The zero-order chi connectivity index (χ0) is 24.7. The van der Waals surface area contributed by atoms with Gasteiger partial charge in [0.15, 0.2) is 11.5 Å². The highest BCUT2D eigenvalue weighted by Gasteiger charge is 2.32. The van der Waals surface area contributed by atoms with E-state index in [9.17, 15) is 9.59 Å². The molecule has 3 rings (SSSR count). The molecule has 1 heterocycles. The molecule has 0 N–H and O–H groups in total. The predicted octanol–water partition coefficient (Wildman–Crippen LogP) is 6.13. The lowest BCUT2D eigenvalue weighted by Crippen LogP contribution is -2.30. The zero-order valence-corrected chi connectivity index (χ0v) is 21.8. The van der Waals surface area contributed by atoms with E-state index in [-0.39, 0.29) is 31.4 Å². The highest BCUT2D eigenvalue weighted by molar-refractivity contribution is 8.26. The molecule has 1 amide bonds. The van der Waals surface area contributed by atoms with Crippen LogP contribution in [0.1, 0.15) is 31.4 Å². The lowest BCUT2D eigenvalue weighted by molar-refractivity contribution is -0.143. The number of hydrogen-bond donors (Lipinski definition) is 0. The van der Waals surface area contributed by atoms with Gasteiger partial charge in [0.25, 0.3) is 5.91 Å². The van der Waals surface area contributed by atoms with Gasteiger partial charge >= 0.3 is 5.97 Å². The van der Waals surface area contributed by atoms with E-state index in [1.54, 1.807) is 37.3 Å². The van der Waals surface area contributed by atoms with Crippen LogP contribution in [-0.2, 0) is 20.9 Å². The van der Waals surface area contributed by atoms with Crippen LogP contribution < -0.4 is 9.47 Å². The van der Waals surface area contributed by atoms with Crippen molar-refractivity contribution in [1.29, 1.82) is 0 Å². The summed E-state index contributed by atoms with van der Waals surface area (Å²) < 4.78 is 17.0. The summed E-state index contributed by atoms with van der Waals surface area (Å²) >= 11 is 18.7. The molecule has 0 unspecified atom stereocenters. The standard InChI is InChI=1S/C24H23Cl2NO5S2/c1-3-30-20-11-15(5-8-19(20)32-14-16-6-7-17(25)13-18(16)26)12-21-23(29)27(24(33)34-21)10-9-22(28)31-4-2/h5-8,11-13H,3-4,9-10,14H2,1-2H3/b21-12-. The third-order valence-electron chi connectivity index (χ3n) is 4.68. The summed E-state index contributed by atoms with van der Waals surface area (Å²) in [5.41, 5.74) is 1.55. The summed E-state index contributed by atoms with van der Waals surface area (Å²) in [7, 11) is 0. The van der Waals surface area contributed by atoms with Crippen molar-refractivity contribution in [2.75, 3.05) is 19.8 Å². The van der Waals surface area contributed by atoms with Gasteiger partial charge in [-0.05, 0) is 49.8 Å². The maximum atomic E-state index is 12.8. The molecule has 34 heavy (non-hydrogen) atoms. The second kappa shape index (κ2) is 12.4. The molecule has 0 spiro atoms. The SMILES string of the molecule is CCOC(=O)CCN1C(=O)/C(=C/c2ccc(OCc3ccc(Cl)cc3Cl)c(OCC)c2)SC1=S. The molecule has 0 saturated carbocycles. The first kappa shape index (κ1) is 26.3. The minimum absolute atomic E-state index is 0.0890. The van der Waals surface area contributed by atoms with Gasteiger partial charge in [-0.25, -0.2) is 0 Å². The van der Waals surface area contributed by atoms with Crippen molar-refractivity contribution < 1.29 is 23.8 Å². The van der Waals surface area contributed by atoms with Gasteiger partial charge in [0.1, 0.15) is 10.9 Å². The van der Waals surface area contributed by atoms with Gasteiger partial charge < -0.3 is 14.2 Å². The van der Waals surface area contributed by atoms with Gasteiger partial charge in [-0.15, -0.1) is 0 Å². The monoisotopic (exact) mass is 539 g/mol. The van der Waals surface area contributed by atoms with Crippen LogP contribution in [0.5, 0.6) is 11.5 Å². The summed E-state index contributed by atoms with van der Waals surface area (Å²) in [6.45, 7) is 4.78. The van der Waals surface area contributed by atoms with Crippen molar-refractivity contribution in [1.82, 2.24) is 4.90 Å². The van der Waals surface area contributed by atoms with Crippen molar-refractivity contribution in [3.63, 3.8) is 0 Å². The van der Waals surface area contributed by atoms with Crippen LogP contribution in [-0.4, -0.2) is 40.9 Å². The highest BCUT2D eigenvalue weighted by Crippen LogP contribution is 2.35. The molecule has 0 aromatic heterocycles. The molecular formula is C24H23Cl2NO5S2. The third-order valence-corrected chi connectivity index (χ3v) is 6.65. The smallest absolute Gasteiger partial charge is 0.307 e. The number of hydrogen-bond acceptors (Lipinski definition) is 7. The van der Waals surface area contributed by atoms with Crippen molar-refractivity contribution >= 4 is 69.5 Å². The minimum Gasteiger partial charge on any atom is -0.490 e. The summed E-state index contributed by atoms with van der Waals surface area (Å²) in [5.74, 6) is 0.485. The Balaban J connectivity index is 1.73. The van der Waals surface area contributed by atoms with Gasteiger partial charge in [0.05, 0.1) is 24.5 Å². The molecule has 0 atom stereocenters. The Bertz CT molecular complexity index is 1120. The van der Waals surface area contributed by atoms with E-state index in [1.807, 2.05) is 19.1 Å². The number of esters is 1. The number of thiocarbonyl (C=S) groups is 1. The molecule has 1 aliphatic rings. The molecule has 2 aromatic rings. The number of ether oxygens (including phenoxy) is 3. The highest BCUT2D eigenvalue weighted by atomic mass is 35.5. The number of halogens is 2. The molecule has 1 fully saturated rings. The molecule has 10 heteroatoms. The fourth-order valence-electron chi connectivity index (χ4n) is 3.08. The van der Waals surface area contributed by atoms with E-state index in [4.69, 9.17) is 49.6 Å². The molecule has 2 aromatic carbocycles. The van der Waals surface area contributed by atoms with Crippen LogP contribution in [0.4, 0.5) is 0 Å². The number of carbonyl (C=O) groups is 2. The van der Waals surface area contributed by atoms with Crippen molar-refractivity contribution in [2.24, 2.45) is 0 Å². The van der Waals surface area contributed by atoms with E-state index in [0.717, 1.165) is 11.1 Å². The Labute approximate surface area is 218 Å².